The summed E-state index contributed by atoms with van der Waals surface area (Å²) in [6, 6.07) is 0.394. The first kappa shape index (κ1) is 23.1. The van der Waals surface area contributed by atoms with E-state index in [1.807, 2.05) is 11.8 Å². The number of thioether (sulfide) groups is 1. The van der Waals surface area contributed by atoms with Crippen molar-refractivity contribution in [2.24, 2.45) is 4.99 Å². The normalized spacial score (nSPS) is 22.7. The molecule has 9 heteroatoms. The second-order valence-corrected chi connectivity index (χ2v) is 6.86. The first-order chi connectivity index (χ1) is 10.3. The summed E-state index contributed by atoms with van der Waals surface area (Å²) in [5.41, 5.74) is 0. The number of halogens is 4. The van der Waals surface area contributed by atoms with Crippen LogP contribution in [-0.4, -0.2) is 68.3 Å². The van der Waals surface area contributed by atoms with Crippen molar-refractivity contribution in [2.45, 2.75) is 43.2 Å². The second kappa shape index (κ2) is 11.6. The van der Waals surface area contributed by atoms with Crippen molar-refractivity contribution in [3.8, 4) is 0 Å². The quantitative estimate of drug-likeness (QED) is 0.358. The number of nitrogens with one attached hydrogen (secondary N) is 2. The minimum Gasteiger partial charge on any atom is -0.355 e. The predicted octanol–water partition coefficient (Wildman–Crippen LogP) is 2.94. The van der Waals surface area contributed by atoms with E-state index in [0.717, 1.165) is 12.8 Å². The van der Waals surface area contributed by atoms with E-state index in [1.54, 1.807) is 7.05 Å². The zero-order chi connectivity index (χ0) is 16.6. The van der Waals surface area contributed by atoms with Gasteiger partial charge in [0.05, 0.1) is 6.54 Å². The molecule has 0 bridgehead atoms. The molecule has 23 heavy (non-hydrogen) atoms. The summed E-state index contributed by atoms with van der Waals surface area (Å²) in [7, 11) is 3.15. The van der Waals surface area contributed by atoms with E-state index in [0.29, 0.717) is 30.3 Å². The Morgan fingerprint density at radius 2 is 2.04 bits per heavy atom. The largest absolute Gasteiger partial charge is 0.401 e. The molecule has 0 aromatic heterocycles. The Bertz CT molecular complexity index is 355. The molecule has 0 radical (unpaired) electrons. The molecule has 0 saturated heterocycles. The van der Waals surface area contributed by atoms with Gasteiger partial charge in [0.15, 0.2) is 5.96 Å². The van der Waals surface area contributed by atoms with Gasteiger partial charge in [0.2, 0.25) is 0 Å². The Morgan fingerprint density at radius 1 is 1.35 bits per heavy atom. The van der Waals surface area contributed by atoms with Crippen LogP contribution in [0.25, 0.3) is 0 Å². The highest BCUT2D eigenvalue weighted by Gasteiger charge is 2.28. The van der Waals surface area contributed by atoms with Gasteiger partial charge < -0.3 is 10.6 Å². The molecule has 1 aliphatic carbocycles. The molecular formula is C14H28F3IN4S. The summed E-state index contributed by atoms with van der Waals surface area (Å²) in [5, 5.41) is 7.15. The number of aliphatic imine (C=N–C) groups is 1. The summed E-state index contributed by atoms with van der Waals surface area (Å²) >= 11 is 1.90. The number of guanidine groups is 1. The zero-order valence-electron chi connectivity index (χ0n) is 13.9. The summed E-state index contributed by atoms with van der Waals surface area (Å²) in [6.45, 7) is -0.137. The van der Waals surface area contributed by atoms with Crippen LogP contribution in [0.5, 0.6) is 0 Å². The van der Waals surface area contributed by atoms with E-state index in [1.165, 1.54) is 24.8 Å². The minimum absolute atomic E-state index is 0. The van der Waals surface area contributed by atoms with Crippen molar-refractivity contribution in [2.75, 3.05) is 40.0 Å². The highest BCUT2D eigenvalue weighted by atomic mass is 127. The SMILES string of the molecule is CN=C(NCCN(C)CC(F)(F)F)NC1CCCC(SC)C1.I. The van der Waals surface area contributed by atoms with Crippen LogP contribution in [0.1, 0.15) is 25.7 Å². The maximum absolute atomic E-state index is 12.2. The van der Waals surface area contributed by atoms with Gasteiger partial charge in [-0.1, -0.05) is 6.42 Å². The monoisotopic (exact) mass is 468 g/mol. The van der Waals surface area contributed by atoms with E-state index < -0.39 is 12.7 Å². The molecule has 4 nitrogen and oxygen atoms in total. The molecule has 2 unspecified atom stereocenters. The third-order valence-electron chi connectivity index (χ3n) is 3.76. The Kier molecular flexibility index (Phi) is 11.7. The number of likely N-dealkylation sites (N-methyl/N-ethyl adjacent to an activating group) is 1. The third kappa shape index (κ3) is 10.5. The summed E-state index contributed by atoms with van der Waals surface area (Å²) < 4.78 is 36.7. The second-order valence-electron chi connectivity index (χ2n) is 5.72. The fourth-order valence-electron chi connectivity index (χ4n) is 2.63. The number of hydrogen-bond acceptors (Lipinski definition) is 3. The van der Waals surface area contributed by atoms with Crippen LogP contribution < -0.4 is 10.6 Å². The van der Waals surface area contributed by atoms with Crippen LogP contribution in [-0.2, 0) is 0 Å². The van der Waals surface area contributed by atoms with Crippen molar-refractivity contribution in [1.82, 2.24) is 15.5 Å². The highest BCUT2D eigenvalue weighted by Crippen LogP contribution is 2.26. The molecule has 1 fully saturated rings. The lowest BCUT2D eigenvalue weighted by atomic mass is 9.95. The van der Waals surface area contributed by atoms with Crippen LogP contribution >= 0.6 is 35.7 Å². The molecule has 0 spiro atoms. The van der Waals surface area contributed by atoms with Crippen molar-refractivity contribution in [3.63, 3.8) is 0 Å². The molecule has 1 saturated carbocycles. The van der Waals surface area contributed by atoms with Crippen LogP contribution in [0.4, 0.5) is 13.2 Å². The van der Waals surface area contributed by atoms with Gasteiger partial charge in [-0.15, -0.1) is 24.0 Å². The molecule has 2 atom stereocenters. The fraction of sp³-hybridized carbons (Fsp3) is 0.929. The average Bonchev–Trinajstić information content (AvgIpc) is 2.44. The minimum atomic E-state index is -4.15. The van der Waals surface area contributed by atoms with Crippen molar-refractivity contribution >= 4 is 41.7 Å². The van der Waals surface area contributed by atoms with E-state index >= 15 is 0 Å². The number of rotatable bonds is 6. The lowest BCUT2D eigenvalue weighted by molar-refractivity contribution is -0.142. The van der Waals surface area contributed by atoms with Gasteiger partial charge in [0, 0.05) is 31.4 Å². The maximum Gasteiger partial charge on any atom is 0.401 e. The smallest absolute Gasteiger partial charge is 0.355 e. The summed E-state index contributed by atoms with van der Waals surface area (Å²) in [6.07, 6.45) is 2.67. The summed E-state index contributed by atoms with van der Waals surface area (Å²) in [4.78, 5) is 5.41. The molecule has 0 amide bonds. The third-order valence-corrected chi connectivity index (χ3v) is 4.85. The van der Waals surface area contributed by atoms with Crippen molar-refractivity contribution in [1.29, 1.82) is 0 Å². The lowest BCUT2D eigenvalue weighted by Crippen LogP contribution is -2.47. The number of nitrogens with zero attached hydrogens (tertiary/aromatic N) is 2. The van der Waals surface area contributed by atoms with E-state index in [-0.39, 0.29) is 24.0 Å². The van der Waals surface area contributed by atoms with Gasteiger partial charge in [0.25, 0.3) is 0 Å². The topological polar surface area (TPSA) is 39.7 Å². The average molecular weight is 468 g/mol. The van der Waals surface area contributed by atoms with Crippen LogP contribution in [0, 0.1) is 0 Å². The first-order valence-electron chi connectivity index (χ1n) is 7.59. The van der Waals surface area contributed by atoms with Gasteiger partial charge >= 0.3 is 6.18 Å². The zero-order valence-corrected chi connectivity index (χ0v) is 17.1. The molecule has 0 aromatic carbocycles. The van der Waals surface area contributed by atoms with Gasteiger partial charge in [-0.05, 0) is 32.6 Å². The van der Waals surface area contributed by atoms with Crippen molar-refractivity contribution < 1.29 is 13.2 Å². The molecule has 0 heterocycles. The number of alkyl halides is 3. The Labute approximate surface area is 158 Å². The lowest BCUT2D eigenvalue weighted by Gasteiger charge is -2.30. The van der Waals surface area contributed by atoms with Crippen LogP contribution in [0.3, 0.4) is 0 Å². The van der Waals surface area contributed by atoms with Gasteiger partial charge in [0.1, 0.15) is 0 Å². The predicted molar refractivity (Wildman–Crippen MR) is 103 cm³/mol. The number of hydrogen-bond donors (Lipinski definition) is 2. The van der Waals surface area contributed by atoms with E-state index in [9.17, 15) is 13.2 Å². The van der Waals surface area contributed by atoms with Gasteiger partial charge in [-0.2, -0.15) is 24.9 Å². The summed E-state index contributed by atoms with van der Waals surface area (Å²) in [5.74, 6) is 0.673. The molecule has 1 aliphatic rings. The van der Waals surface area contributed by atoms with Gasteiger partial charge in [-0.3, -0.25) is 9.89 Å². The first-order valence-corrected chi connectivity index (χ1v) is 8.88. The van der Waals surface area contributed by atoms with Gasteiger partial charge in [-0.25, -0.2) is 0 Å². The molecule has 0 aliphatic heterocycles. The Morgan fingerprint density at radius 3 is 2.61 bits per heavy atom. The molecular weight excluding hydrogens is 440 g/mol. The molecule has 138 valence electrons. The molecule has 1 rings (SSSR count). The molecule has 2 N–H and O–H groups in total. The standard InChI is InChI=1S/C14H27F3N4S.HI/c1-18-13(19-7-8-21(2)10-14(15,16)17)20-11-5-4-6-12(9-11)22-3;/h11-12H,4-10H2,1-3H3,(H2,18,19,20);1H. The van der Waals surface area contributed by atoms with Crippen LogP contribution in [0.2, 0.25) is 0 Å². The fourth-order valence-corrected chi connectivity index (χ4v) is 3.46. The maximum atomic E-state index is 12.2. The van der Waals surface area contributed by atoms with Crippen molar-refractivity contribution in [3.05, 3.63) is 0 Å². The Balaban J connectivity index is 0.00000484. The van der Waals surface area contributed by atoms with Crippen LogP contribution in [0.15, 0.2) is 4.99 Å². The highest BCUT2D eigenvalue weighted by molar-refractivity contribution is 14.0. The molecule has 0 aromatic rings. The Hall–Kier alpha value is 0.1000. The van der Waals surface area contributed by atoms with E-state index in [2.05, 4.69) is 21.9 Å². The van der Waals surface area contributed by atoms with E-state index in [4.69, 9.17) is 0 Å².